The van der Waals surface area contributed by atoms with Crippen LogP contribution < -0.4 is 29.0 Å². The van der Waals surface area contributed by atoms with E-state index in [2.05, 4.69) is 54.9 Å². The van der Waals surface area contributed by atoms with Crippen molar-refractivity contribution in [3.63, 3.8) is 0 Å². The molecule has 0 radical (unpaired) electrons. The highest BCUT2D eigenvalue weighted by atomic mass is 32.2. The molecule has 1 heterocycles. The molecular weight excluding hydrogens is 1410 g/mol. The maximum atomic E-state index is 12.3. The predicted molar refractivity (Wildman–Crippen MR) is 449 cm³/mol. The van der Waals surface area contributed by atoms with Crippen LogP contribution in [0.2, 0.25) is 0 Å². The molecule has 0 saturated heterocycles. The lowest BCUT2D eigenvalue weighted by atomic mass is 9.86. The van der Waals surface area contributed by atoms with Gasteiger partial charge >= 0.3 is 17.9 Å². The molecule has 0 aliphatic heterocycles. The van der Waals surface area contributed by atoms with Crippen LogP contribution in [-0.4, -0.2) is 104 Å². The van der Waals surface area contributed by atoms with E-state index in [-0.39, 0.29) is 41.4 Å². The van der Waals surface area contributed by atoms with Crippen molar-refractivity contribution in [2.45, 2.75) is 313 Å². The number of ether oxygens (including phenoxy) is 7. The maximum absolute atomic E-state index is 12.3. The SMILES string of the molecule is CCCCCCCCCCCCC(Oc1cc(C)c(O)cc1C)C(=O)OCC.CCCCCCCCCCCCOC(=O)COc1ccc(O)c(C(C)(C)C)c1.CCCCCCCCOc1ccc(O)c(C)c1.CCSc1nc(Nc2cc(C)c(O)c(C)c2)nc(SCC)n1.COc1cc(C)c(OC(C)=O)cc1C. The van der Waals surface area contributed by atoms with E-state index >= 15 is 0 Å². The Morgan fingerprint density at radius 1 is 0.468 bits per heavy atom. The third-order valence-corrected chi connectivity index (χ3v) is 19.3. The number of rotatable bonds is 45. The highest BCUT2D eigenvalue weighted by Gasteiger charge is 2.24. The third-order valence-electron chi connectivity index (χ3n) is 17.8. The van der Waals surface area contributed by atoms with Crippen LogP contribution in [0, 0.1) is 48.5 Å². The number of aromatic nitrogens is 3. The molecule has 1 unspecified atom stereocenters. The van der Waals surface area contributed by atoms with Gasteiger partial charge in [-0.25, -0.2) is 9.59 Å². The Balaban J connectivity index is 0.000000472. The second-order valence-corrected chi connectivity index (χ2v) is 31.2. The van der Waals surface area contributed by atoms with Gasteiger partial charge in [-0.2, -0.15) is 15.0 Å². The lowest BCUT2D eigenvalue weighted by Crippen LogP contribution is -2.29. The summed E-state index contributed by atoms with van der Waals surface area (Å²) in [4.78, 5) is 48.2. The first-order valence-corrected chi connectivity index (χ1v) is 42.2. The summed E-state index contributed by atoms with van der Waals surface area (Å²) in [5.41, 5.74) is 7.37. The Labute approximate surface area is 664 Å². The van der Waals surface area contributed by atoms with Gasteiger partial charge in [-0.3, -0.25) is 4.79 Å². The molecule has 0 bridgehead atoms. The third kappa shape index (κ3) is 43.0. The lowest BCUT2D eigenvalue weighted by molar-refractivity contribution is -0.152. The summed E-state index contributed by atoms with van der Waals surface area (Å²) in [7, 11) is 1.62. The predicted octanol–water partition coefficient (Wildman–Crippen LogP) is 24.0. The number of hydrogen-bond acceptors (Lipinski definition) is 20. The molecule has 6 rings (SSSR count). The Bertz CT molecular complexity index is 3480. The molecular formula is C89H138N4O14S2. The Morgan fingerprint density at radius 3 is 1.40 bits per heavy atom. The van der Waals surface area contributed by atoms with E-state index in [1.165, 1.54) is 142 Å². The Kier molecular flexibility index (Phi) is 51.4. The summed E-state index contributed by atoms with van der Waals surface area (Å²) in [5, 5.41) is 43.7. The topological polar surface area (TPSA) is 247 Å². The largest absolute Gasteiger partial charge is 0.508 e. The number of nitrogens with zero attached hydrogens (tertiary/aromatic N) is 3. The molecule has 1 aromatic heterocycles. The van der Waals surface area contributed by atoms with Gasteiger partial charge in [0.15, 0.2) is 23.0 Å². The van der Waals surface area contributed by atoms with Gasteiger partial charge in [0.25, 0.3) is 0 Å². The van der Waals surface area contributed by atoms with Crippen LogP contribution in [0.1, 0.15) is 287 Å². The van der Waals surface area contributed by atoms with E-state index in [1.54, 1.807) is 73.1 Å². The van der Waals surface area contributed by atoms with Crippen molar-refractivity contribution in [2.24, 2.45) is 0 Å². The van der Waals surface area contributed by atoms with Gasteiger partial charge < -0.3 is 58.9 Å². The minimum atomic E-state index is -0.586. The molecule has 109 heavy (non-hydrogen) atoms. The summed E-state index contributed by atoms with van der Waals surface area (Å²) < 4.78 is 37.8. The van der Waals surface area contributed by atoms with Gasteiger partial charge in [-0.15, -0.1) is 0 Å². The van der Waals surface area contributed by atoms with E-state index in [0.29, 0.717) is 54.3 Å². The number of esters is 3. The van der Waals surface area contributed by atoms with Gasteiger partial charge in [0.1, 0.15) is 51.7 Å². The molecule has 18 nitrogen and oxygen atoms in total. The highest BCUT2D eigenvalue weighted by Crippen LogP contribution is 2.35. The first-order valence-electron chi connectivity index (χ1n) is 40.2. The highest BCUT2D eigenvalue weighted by molar-refractivity contribution is 7.99. The minimum Gasteiger partial charge on any atom is -0.508 e. The second kappa shape index (κ2) is 57.5. The number of methoxy groups -OCH3 is 1. The Morgan fingerprint density at radius 2 is 0.917 bits per heavy atom. The van der Waals surface area contributed by atoms with Gasteiger partial charge in [0.05, 0.1) is 26.9 Å². The van der Waals surface area contributed by atoms with Gasteiger partial charge in [0, 0.05) is 18.2 Å². The summed E-state index contributed by atoms with van der Waals surface area (Å²) in [6, 6.07) is 21.3. The number of aromatic hydroxyl groups is 4. The first kappa shape index (κ1) is 97.5. The number of benzene rings is 5. The standard InChI is InChI=1S/2C24H40O4.C15H20N4OS2.C15H24O2.C11H14O3/c1-5-6-7-8-9-10-11-12-13-14-17-27-23(26)19-28-20-15-16-22(25)21(18-20)24(2,3)4;1-5-7-8-9-10-11-12-13-14-15-16-22(24(26)27-6-2)28-23-18-19(3)21(25)17-20(23)4;1-5-21-14-17-13(18-15(19-14)22-6-2)16-11-7-9(3)12(20)10(4)8-11;1-3-4-5-6-7-8-11-17-14-9-10-15(16)13(2)12-14;1-7-6-11(14-9(3)12)8(2)5-10(7)13-4/h15-16,18,25H,5-14,17,19H2,1-4H3;17-18,22,25H,5-16H2,1-4H3;7-8,20H,5-6H2,1-4H3,(H,16,17,18,19);9-10,12,16H,3-8,11H2,1-2H3;5-6H,1-4H3. The number of hydrogen-bond donors (Lipinski definition) is 5. The smallest absolute Gasteiger partial charge is 0.347 e. The average molecular weight is 1550 g/mol. The number of phenols is 4. The van der Waals surface area contributed by atoms with Crippen molar-refractivity contribution >= 4 is 53.1 Å². The number of carbonyl (C=O) groups is 3. The van der Waals surface area contributed by atoms with Crippen molar-refractivity contribution in [1.29, 1.82) is 0 Å². The molecule has 0 saturated carbocycles. The molecule has 0 aliphatic carbocycles. The molecule has 0 spiro atoms. The normalized spacial score (nSPS) is 11.1. The zero-order chi connectivity index (χ0) is 80.9. The maximum Gasteiger partial charge on any atom is 0.347 e. The fourth-order valence-electron chi connectivity index (χ4n) is 11.5. The van der Waals surface area contributed by atoms with E-state index in [0.717, 1.165) is 122 Å². The zero-order valence-electron chi connectivity index (χ0n) is 69.9. The lowest BCUT2D eigenvalue weighted by Gasteiger charge is -2.21. The quantitative estimate of drug-likeness (QED) is 0.00784. The van der Waals surface area contributed by atoms with Crippen molar-refractivity contribution in [2.75, 3.05) is 50.4 Å². The van der Waals surface area contributed by atoms with Crippen molar-refractivity contribution in [3.05, 3.63) is 117 Å². The number of anilines is 2. The first-order chi connectivity index (χ1) is 52.1. The Hall–Kier alpha value is -7.58. The number of aryl methyl sites for hydroxylation is 7. The van der Waals surface area contributed by atoms with Crippen LogP contribution in [0.25, 0.3) is 0 Å². The van der Waals surface area contributed by atoms with Crippen LogP contribution in [0.3, 0.4) is 0 Å². The summed E-state index contributed by atoms with van der Waals surface area (Å²) in [6.45, 7) is 34.7. The van der Waals surface area contributed by atoms with Crippen molar-refractivity contribution in [1.82, 2.24) is 15.0 Å². The van der Waals surface area contributed by atoms with Crippen LogP contribution in [0.15, 0.2) is 83.1 Å². The molecule has 5 aromatic carbocycles. The van der Waals surface area contributed by atoms with E-state index in [1.807, 2.05) is 106 Å². The average Bonchev–Trinajstić information content (AvgIpc) is 0.854. The molecule has 0 fully saturated rings. The fraction of sp³-hybridized carbons (Fsp3) is 0.596. The number of thioether (sulfide) groups is 2. The molecule has 610 valence electrons. The molecule has 5 N–H and O–H groups in total. The van der Waals surface area contributed by atoms with Crippen molar-refractivity contribution in [3.8, 4) is 51.7 Å². The van der Waals surface area contributed by atoms with Crippen LogP contribution in [-0.2, 0) is 29.3 Å². The number of unbranched alkanes of at least 4 members (excludes halogenated alkanes) is 23. The fourth-order valence-corrected chi connectivity index (χ4v) is 12.7. The summed E-state index contributed by atoms with van der Waals surface area (Å²) in [6.07, 6.45) is 32.9. The van der Waals surface area contributed by atoms with Crippen LogP contribution >= 0.6 is 23.5 Å². The van der Waals surface area contributed by atoms with E-state index in [4.69, 9.17) is 33.2 Å². The summed E-state index contributed by atoms with van der Waals surface area (Å²) in [5.74, 6) is 6.00. The number of nitrogens with one attached hydrogen (secondary N) is 1. The molecule has 6 aromatic rings. The van der Waals surface area contributed by atoms with Crippen molar-refractivity contribution < 1.29 is 68.0 Å². The van der Waals surface area contributed by atoms with Gasteiger partial charge in [-0.05, 0) is 210 Å². The van der Waals surface area contributed by atoms with Crippen LogP contribution in [0.5, 0.6) is 51.7 Å². The molecule has 0 amide bonds. The monoisotopic (exact) mass is 1550 g/mol. The summed E-state index contributed by atoms with van der Waals surface area (Å²) >= 11 is 3.19. The molecule has 0 aliphatic rings. The van der Waals surface area contributed by atoms with E-state index in [9.17, 15) is 34.8 Å². The minimum absolute atomic E-state index is 0.105. The molecule has 1 atom stereocenters. The number of carbonyl (C=O) groups excluding carboxylic acids is 3. The van der Waals surface area contributed by atoms with E-state index < -0.39 is 6.10 Å². The number of phenolic OH excluding ortho intramolecular Hbond substituents is 4. The van der Waals surface area contributed by atoms with Crippen LogP contribution in [0.4, 0.5) is 11.6 Å². The molecule has 20 heteroatoms. The second-order valence-electron chi connectivity index (χ2n) is 28.8. The zero-order valence-corrected chi connectivity index (χ0v) is 71.5. The van der Waals surface area contributed by atoms with Gasteiger partial charge in [0.2, 0.25) is 5.95 Å². The van der Waals surface area contributed by atoms with Gasteiger partial charge in [-0.1, -0.05) is 227 Å².